The molecule has 1 saturated heterocycles. The van der Waals surface area contributed by atoms with Crippen LogP contribution in [0.1, 0.15) is 40.8 Å². The number of aryl methyl sites for hydroxylation is 1. The first-order chi connectivity index (χ1) is 12.0. The van der Waals surface area contributed by atoms with E-state index in [4.69, 9.17) is 26.0 Å². The summed E-state index contributed by atoms with van der Waals surface area (Å²) in [5, 5.41) is 13.1. The van der Waals surface area contributed by atoms with E-state index in [-0.39, 0.29) is 11.5 Å². The van der Waals surface area contributed by atoms with Crippen LogP contribution in [0.25, 0.3) is 0 Å². The fourth-order valence-electron chi connectivity index (χ4n) is 2.97. The Balaban J connectivity index is 1.51. The van der Waals surface area contributed by atoms with Crippen molar-refractivity contribution in [3.05, 3.63) is 40.5 Å². The van der Waals surface area contributed by atoms with Gasteiger partial charge in [-0.15, -0.1) is 0 Å². The highest BCUT2D eigenvalue weighted by molar-refractivity contribution is 6.32. The molecule has 1 aliphatic heterocycles. The van der Waals surface area contributed by atoms with E-state index in [2.05, 4.69) is 15.0 Å². The molecular weight excluding hydrogens is 346 g/mol. The average Bonchev–Trinajstić information content (AvgIpc) is 3.03. The van der Waals surface area contributed by atoms with Crippen molar-refractivity contribution in [3.63, 3.8) is 0 Å². The van der Waals surface area contributed by atoms with Gasteiger partial charge < -0.3 is 14.4 Å². The average molecular weight is 366 g/mol. The standard InChI is InChI=1S/C17H20ClN3O4/c1-11-19-16(25-20-11)13-3-2-6-21(10-13)7-8-24-15-5-4-12(17(22)23)9-14(15)18/h4-5,9,13H,2-3,6-8,10H2,1H3,(H,22,23). The molecular formula is C17H20ClN3O4. The van der Waals surface area contributed by atoms with Crippen LogP contribution in [0.5, 0.6) is 5.75 Å². The number of rotatable bonds is 6. The Kier molecular flexibility index (Phi) is 5.55. The van der Waals surface area contributed by atoms with Crippen molar-refractivity contribution in [2.45, 2.75) is 25.7 Å². The van der Waals surface area contributed by atoms with E-state index < -0.39 is 5.97 Å². The lowest BCUT2D eigenvalue weighted by Gasteiger charge is -2.30. The zero-order valence-electron chi connectivity index (χ0n) is 13.9. The van der Waals surface area contributed by atoms with Crippen LogP contribution in [0, 0.1) is 6.92 Å². The Morgan fingerprint density at radius 1 is 1.52 bits per heavy atom. The lowest BCUT2D eigenvalue weighted by Crippen LogP contribution is -2.37. The minimum absolute atomic E-state index is 0.145. The van der Waals surface area contributed by atoms with Crippen molar-refractivity contribution in [2.24, 2.45) is 0 Å². The predicted molar refractivity (Wildman–Crippen MR) is 91.4 cm³/mol. The zero-order valence-corrected chi connectivity index (χ0v) is 14.7. The molecule has 0 amide bonds. The Morgan fingerprint density at radius 3 is 3.04 bits per heavy atom. The smallest absolute Gasteiger partial charge is 0.335 e. The maximum absolute atomic E-state index is 10.9. The van der Waals surface area contributed by atoms with Crippen molar-refractivity contribution in [1.82, 2.24) is 15.0 Å². The topological polar surface area (TPSA) is 88.7 Å². The summed E-state index contributed by atoms with van der Waals surface area (Å²) in [4.78, 5) is 17.5. The molecule has 1 aromatic heterocycles. The van der Waals surface area contributed by atoms with Crippen molar-refractivity contribution in [2.75, 3.05) is 26.2 Å². The van der Waals surface area contributed by atoms with Crippen molar-refractivity contribution < 1.29 is 19.2 Å². The van der Waals surface area contributed by atoms with Crippen molar-refractivity contribution >= 4 is 17.6 Å². The summed E-state index contributed by atoms with van der Waals surface area (Å²) in [6.45, 7) is 4.90. The molecule has 1 fully saturated rings. The molecule has 1 N–H and O–H groups in total. The van der Waals surface area contributed by atoms with E-state index in [1.807, 2.05) is 6.92 Å². The number of piperidine rings is 1. The van der Waals surface area contributed by atoms with E-state index >= 15 is 0 Å². The molecule has 7 nitrogen and oxygen atoms in total. The number of halogens is 1. The molecule has 0 saturated carbocycles. The number of nitrogens with zero attached hydrogens (tertiary/aromatic N) is 3. The second kappa shape index (κ2) is 7.84. The quantitative estimate of drug-likeness (QED) is 0.841. The normalized spacial score (nSPS) is 18.2. The predicted octanol–water partition coefficient (Wildman–Crippen LogP) is 2.99. The van der Waals surface area contributed by atoms with Crippen LogP contribution in [-0.4, -0.2) is 52.4 Å². The largest absolute Gasteiger partial charge is 0.491 e. The minimum atomic E-state index is -1.01. The number of hydrogen-bond donors (Lipinski definition) is 1. The second-order valence-electron chi connectivity index (χ2n) is 6.12. The number of carboxylic acid groups (broad SMARTS) is 1. The fourth-order valence-corrected chi connectivity index (χ4v) is 3.21. The SMILES string of the molecule is Cc1noc(C2CCCN(CCOc3ccc(C(=O)O)cc3Cl)C2)n1. The van der Waals surface area contributed by atoms with E-state index in [0.717, 1.165) is 32.5 Å². The van der Waals surface area contributed by atoms with Gasteiger partial charge in [-0.3, -0.25) is 4.90 Å². The van der Waals surface area contributed by atoms with Crippen molar-refractivity contribution in [1.29, 1.82) is 0 Å². The molecule has 1 aliphatic rings. The number of ether oxygens (including phenoxy) is 1. The van der Waals surface area contributed by atoms with Crippen LogP contribution in [0.3, 0.4) is 0 Å². The maximum atomic E-state index is 10.9. The molecule has 134 valence electrons. The van der Waals surface area contributed by atoms with Crippen LogP contribution in [0.4, 0.5) is 0 Å². The number of benzene rings is 1. The van der Waals surface area contributed by atoms with Gasteiger partial charge >= 0.3 is 5.97 Å². The van der Waals surface area contributed by atoms with E-state index in [0.29, 0.717) is 29.1 Å². The highest BCUT2D eigenvalue weighted by atomic mass is 35.5. The van der Waals surface area contributed by atoms with Gasteiger partial charge in [0.15, 0.2) is 5.82 Å². The summed E-state index contributed by atoms with van der Waals surface area (Å²) >= 11 is 6.07. The number of likely N-dealkylation sites (tertiary alicyclic amines) is 1. The highest BCUT2D eigenvalue weighted by Crippen LogP contribution is 2.27. The molecule has 8 heteroatoms. The Labute approximate surface area is 150 Å². The third kappa shape index (κ3) is 4.49. The lowest BCUT2D eigenvalue weighted by atomic mass is 9.98. The van der Waals surface area contributed by atoms with E-state index in [1.54, 1.807) is 6.07 Å². The molecule has 3 rings (SSSR count). The number of carboxylic acids is 1. The number of carbonyl (C=O) groups is 1. The summed E-state index contributed by atoms with van der Waals surface area (Å²) in [5.74, 6) is 1.11. The van der Waals surface area contributed by atoms with Gasteiger partial charge in [0.05, 0.1) is 16.5 Å². The van der Waals surface area contributed by atoms with Gasteiger partial charge in [-0.05, 0) is 44.5 Å². The molecule has 1 aromatic carbocycles. The first-order valence-corrected chi connectivity index (χ1v) is 8.59. The third-order valence-electron chi connectivity index (χ3n) is 4.24. The van der Waals surface area contributed by atoms with Crippen LogP contribution >= 0.6 is 11.6 Å². The second-order valence-corrected chi connectivity index (χ2v) is 6.53. The Hall–Kier alpha value is -2.12. The number of aromatic carboxylic acids is 1. The lowest BCUT2D eigenvalue weighted by molar-refractivity contribution is 0.0697. The van der Waals surface area contributed by atoms with Gasteiger partial charge in [-0.25, -0.2) is 4.79 Å². The van der Waals surface area contributed by atoms with Crippen LogP contribution in [0.2, 0.25) is 5.02 Å². The summed E-state index contributed by atoms with van der Waals surface area (Å²) in [6.07, 6.45) is 2.11. The third-order valence-corrected chi connectivity index (χ3v) is 4.54. The van der Waals surface area contributed by atoms with E-state index in [9.17, 15) is 4.79 Å². The van der Waals surface area contributed by atoms with Gasteiger partial charge in [0.2, 0.25) is 5.89 Å². The van der Waals surface area contributed by atoms with E-state index in [1.165, 1.54) is 12.1 Å². The zero-order chi connectivity index (χ0) is 17.8. The monoisotopic (exact) mass is 365 g/mol. The molecule has 2 heterocycles. The minimum Gasteiger partial charge on any atom is -0.491 e. The van der Waals surface area contributed by atoms with Gasteiger partial charge in [-0.1, -0.05) is 16.8 Å². The van der Waals surface area contributed by atoms with Crippen LogP contribution < -0.4 is 4.74 Å². The molecule has 0 bridgehead atoms. The maximum Gasteiger partial charge on any atom is 0.335 e. The summed E-state index contributed by atoms with van der Waals surface area (Å²) < 4.78 is 11.0. The van der Waals surface area contributed by atoms with Gasteiger partial charge in [0.1, 0.15) is 12.4 Å². The number of aromatic nitrogens is 2. The van der Waals surface area contributed by atoms with Gasteiger partial charge in [0, 0.05) is 13.1 Å². The highest BCUT2D eigenvalue weighted by Gasteiger charge is 2.25. The molecule has 1 atom stereocenters. The molecule has 0 spiro atoms. The molecule has 1 unspecified atom stereocenters. The van der Waals surface area contributed by atoms with Gasteiger partial charge in [0.25, 0.3) is 0 Å². The molecule has 2 aromatic rings. The van der Waals surface area contributed by atoms with Gasteiger partial charge in [-0.2, -0.15) is 4.98 Å². The first-order valence-electron chi connectivity index (χ1n) is 8.21. The molecule has 0 radical (unpaired) electrons. The Morgan fingerprint density at radius 2 is 2.36 bits per heavy atom. The van der Waals surface area contributed by atoms with Crippen LogP contribution in [-0.2, 0) is 0 Å². The summed E-state index contributed by atoms with van der Waals surface area (Å²) in [6, 6.07) is 4.47. The first kappa shape index (κ1) is 17.7. The number of hydrogen-bond acceptors (Lipinski definition) is 6. The summed E-state index contributed by atoms with van der Waals surface area (Å²) in [7, 11) is 0. The summed E-state index contributed by atoms with van der Waals surface area (Å²) in [5.41, 5.74) is 0.145. The van der Waals surface area contributed by atoms with Crippen LogP contribution in [0.15, 0.2) is 22.7 Å². The Bertz CT molecular complexity index is 749. The molecule has 0 aliphatic carbocycles. The molecule has 25 heavy (non-hydrogen) atoms. The fraction of sp³-hybridized carbons (Fsp3) is 0.471. The van der Waals surface area contributed by atoms with Crippen molar-refractivity contribution in [3.8, 4) is 5.75 Å².